The predicted octanol–water partition coefficient (Wildman–Crippen LogP) is 2.04. The average Bonchev–Trinajstić information content (AvgIpc) is 2.36. The van der Waals surface area contributed by atoms with Gasteiger partial charge in [0.05, 0.1) is 12.2 Å². The third-order valence-electron chi connectivity index (χ3n) is 2.51. The zero-order valence-corrected chi connectivity index (χ0v) is 10.9. The first kappa shape index (κ1) is 11.8. The van der Waals surface area contributed by atoms with Gasteiger partial charge < -0.3 is 0 Å². The van der Waals surface area contributed by atoms with Crippen molar-refractivity contribution in [1.29, 1.82) is 0 Å². The molecular formula is C10H13ClN2O2S. The summed E-state index contributed by atoms with van der Waals surface area (Å²) in [4.78, 5) is 4.33. The number of hydrogen-bond acceptors (Lipinski definition) is 3. The molecule has 1 aromatic rings. The Hall–Kier alpha value is -0.650. The Bertz CT molecular complexity index is 534. The predicted molar refractivity (Wildman–Crippen MR) is 61.7 cm³/mol. The molecule has 0 bridgehead atoms. The first-order valence-electron chi connectivity index (χ1n) is 4.91. The molecular weight excluding hydrogens is 248 g/mol. The van der Waals surface area contributed by atoms with Crippen molar-refractivity contribution in [2.75, 3.05) is 0 Å². The van der Waals surface area contributed by atoms with Gasteiger partial charge in [-0.1, -0.05) is 11.6 Å². The highest BCUT2D eigenvalue weighted by molar-refractivity contribution is 7.89. The van der Waals surface area contributed by atoms with Crippen LogP contribution in [0.4, 0.5) is 0 Å². The molecule has 0 N–H and O–H groups in total. The van der Waals surface area contributed by atoms with Crippen molar-refractivity contribution in [3.8, 4) is 0 Å². The molecule has 0 saturated carbocycles. The standard InChI is InChI=1S/C10H13ClN2O2S/c1-10(2,3)13-6-7-8(16(13,14)15)4-5-9(11)12-7/h4-5H,6H2,1-3H3. The Morgan fingerprint density at radius 1 is 1.38 bits per heavy atom. The van der Waals surface area contributed by atoms with E-state index in [4.69, 9.17) is 11.6 Å². The van der Waals surface area contributed by atoms with Gasteiger partial charge in [-0.2, -0.15) is 4.31 Å². The number of fused-ring (bicyclic) bond motifs is 1. The lowest BCUT2D eigenvalue weighted by Crippen LogP contribution is -2.41. The van der Waals surface area contributed by atoms with Crippen LogP contribution < -0.4 is 0 Å². The molecule has 2 heterocycles. The summed E-state index contributed by atoms with van der Waals surface area (Å²) in [6, 6.07) is 3.02. The lowest BCUT2D eigenvalue weighted by Gasteiger charge is -2.29. The van der Waals surface area contributed by atoms with Gasteiger partial charge in [0.15, 0.2) is 0 Å². The van der Waals surface area contributed by atoms with Gasteiger partial charge >= 0.3 is 0 Å². The zero-order chi connectivity index (χ0) is 12.1. The second kappa shape index (κ2) is 3.42. The van der Waals surface area contributed by atoms with Crippen LogP contribution in [0.5, 0.6) is 0 Å². The molecule has 0 saturated heterocycles. The Balaban J connectivity index is 2.59. The molecule has 1 aliphatic heterocycles. The summed E-state index contributed by atoms with van der Waals surface area (Å²) in [5.41, 5.74) is 0.0777. The number of hydrogen-bond donors (Lipinski definition) is 0. The van der Waals surface area contributed by atoms with Gasteiger partial charge in [0.1, 0.15) is 10.0 Å². The van der Waals surface area contributed by atoms with Gasteiger partial charge in [-0.25, -0.2) is 13.4 Å². The van der Waals surface area contributed by atoms with E-state index in [1.165, 1.54) is 16.4 Å². The summed E-state index contributed by atoms with van der Waals surface area (Å²) in [5, 5.41) is 0.324. The van der Waals surface area contributed by atoms with E-state index in [-0.39, 0.29) is 4.90 Å². The molecule has 0 fully saturated rings. The van der Waals surface area contributed by atoms with Gasteiger partial charge in [-0.3, -0.25) is 0 Å². The van der Waals surface area contributed by atoms with Crippen molar-refractivity contribution in [1.82, 2.24) is 9.29 Å². The Labute approximate surface area is 100 Å². The Morgan fingerprint density at radius 3 is 2.56 bits per heavy atom. The molecule has 0 aliphatic carbocycles. The zero-order valence-electron chi connectivity index (χ0n) is 9.36. The fourth-order valence-corrected chi connectivity index (χ4v) is 3.81. The van der Waals surface area contributed by atoms with Crippen LogP contribution in [0, 0.1) is 0 Å². The lowest BCUT2D eigenvalue weighted by molar-refractivity contribution is 0.251. The van der Waals surface area contributed by atoms with E-state index < -0.39 is 15.6 Å². The minimum atomic E-state index is -3.41. The minimum Gasteiger partial charge on any atom is -0.238 e. The van der Waals surface area contributed by atoms with Gasteiger partial charge in [0, 0.05) is 5.54 Å². The molecule has 0 unspecified atom stereocenters. The monoisotopic (exact) mass is 260 g/mol. The number of nitrogens with zero attached hydrogens (tertiary/aromatic N) is 2. The number of halogens is 1. The van der Waals surface area contributed by atoms with Crippen molar-refractivity contribution in [3.05, 3.63) is 23.0 Å². The molecule has 0 atom stereocenters. The summed E-state index contributed by atoms with van der Waals surface area (Å²) in [6.07, 6.45) is 0. The smallest absolute Gasteiger partial charge is 0.238 e. The molecule has 0 radical (unpaired) electrons. The minimum absolute atomic E-state index is 0.270. The van der Waals surface area contributed by atoms with Crippen molar-refractivity contribution in [2.24, 2.45) is 0 Å². The van der Waals surface area contributed by atoms with Crippen LogP contribution in [0.15, 0.2) is 17.0 Å². The normalized spacial score (nSPS) is 19.8. The largest absolute Gasteiger partial charge is 0.245 e. The maximum Gasteiger partial charge on any atom is 0.245 e. The molecule has 16 heavy (non-hydrogen) atoms. The quantitative estimate of drug-likeness (QED) is 0.671. The van der Waals surface area contributed by atoms with Gasteiger partial charge in [0.25, 0.3) is 0 Å². The topological polar surface area (TPSA) is 50.3 Å². The Morgan fingerprint density at radius 2 is 2.00 bits per heavy atom. The highest BCUT2D eigenvalue weighted by atomic mass is 35.5. The van der Waals surface area contributed by atoms with Gasteiger partial charge in [-0.15, -0.1) is 0 Å². The molecule has 88 valence electrons. The highest BCUT2D eigenvalue weighted by Gasteiger charge is 2.41. The van der Waals surface area contributed by atoms with Gasteiger partial charge in [-0.05, 0) is 32.9 Å². The molecule has 0 spiro atoms. The maximum absolute atomic E-state index is 12.2. The van der Waals surface area contributed by atoms with Crippen LogP contribution in [0.2, 0.25) is 5.15 Å². The first-order valence-corrected chi connectivity index (χ1v) is 6.73. The first-order chi connectivity index (χ1) is 7.23. The van der Waals surface area contributed by atoms with E-state index in [0.717, 1.165) is 0 Å². The van der Waals surface area contributed by atoms with E-state index in [1.54, 1.807) is 0 Å². The fourth-order valence-electron chi connectivity index (χ4n) is 1.75. The van der Waals surface area contributed by atoms with Crippen LogP contribution in [-0.4, -0.2) is 23.2 Å². The second-order valence-electron chi connectivity index (χ2n) is 4.76. The SMILES string of the molecule is CC(C)(C)N1Cc2nc(Cl)ccc2S1(=O)=O. The molecule has 1 aliphatic rings. The third-order valence-corrected chi connectivity index (χ3v) is 4.90. The molecule has 4 nitrogen and oxygen atoms in total. The van der Waals surface area contributed by atoms with Crippen molar-refractivity contribution >= 4 is 21.6 Å². The fraction of sp³-hybridized carbons (Fsp3) is 0.500. The highest BCUT2D eigenvalue weighted by Crippen LogP contribution is 2.34. The Kier molecular flexibility index (Phi) is 2.53. The van der Waals surface area contributed by atoms with E-state index >= 15 is 0 Å². The molecule has 0 aromatic carbocycles. The maximum atomic E-state index is 12.2. The summed E-state index contributed by atoms with van der Waals surface area (Å²) in [5.74, 6) is 0. The molecule has 1 aromatic heterocycles. The van der Waals surface area contributed by atoms with E-state index in [2.05, 4.69) is 4.98 Å². The second-order valence-corrected chi connectivity index (χ2v) is 6.98. The molecule has 0 amide bonds. The van der Waals surface area contributed by atoms with Crippen molar-refractivity contribution in [2.45, 2.75) is 37.8 Å². The summed E-state index contributed by atoms with van der Waals surface area (Å²) < 4.78 is 25.8. The van der Waals surface area contributed by atoms with E-state index in [9.17, 15) is 8.42 Å². The van der Waals surface area contributed by atoms with Crippen LogP contribution >= 0.6 is 11.6 Å². The van der Waals surface area contributed by atoms with Crippen LogP contribution in [0.1, 0.15) is 26.5 Å². The molecule has 2 rings (SSSR count). The summed E-state index contributed by atoms with van der Waals surface area (Å²) in [7, 11) is -3.41. The summed E-state index contributed by atoms with van der Waals surface area (Å²) >= 11 is 5.75. The van der Waals surface area contributed by atoms with Gasteiger partial charge in [0.2, 0.25) is 10.0 Å². The third kappa shape index (κ3) is 1.73. The average molecular weight is 261 g/mol. The number of rotatable bonds is 0. The summed E-state index contributed by atoms with van der Waals surface area (Å²) in [6.45, 7) is 5.87. The molecule has 6 heteroatoms. The lowest BCUT2D eigenvalue weighted by atomic mass is 10.1. The van der Waals surface area contributed by atoms with E-state index in [1.807, 2.05) is 20.8 Å². The number of aromatic nitrogens is 1. The van der Waals surface area contributed by atoms with Crippen LogP contribution in [0.3, 0.4) is 0 Å². The van der Waals surface area contributed by atoms with Crippen molar-refractivity contribution < 1.29 is 8.42 Å². The van der Waals surface area contributed by atoms with Crippen molar-refractivity contribution in [3.63, 3.8) is 0 Å². The van der Waals surface area contributed by atoms with Crippen LogP contribution in [-0.2, 0) is 16.6 Å². The van der Waals surface area contributed by atoms with E-state index in [0.29, 0.717) is 17.4 Å². The van der Waals surface area contributed by atoms with Crippen LogP contribution in [0.25, 0.3) is 0 Å². The number of pyridine rings is 1. The number of sulfonamides is 1.